The van der Waals surface area contributed by atoms with Crippen LogP contribution in [0.3, 0.4) is 0 Å². The molecule has 2 heterocycles. The molecule has 0 aliphatic rings. The van der Waals surface area contributed by atoms with Crippen LogP contribution in [0.1, 0.15) is 36.9 Å². The van der Waals surface area contributed by atoms with E-state index >= 15 is 0 Å². The van der Waals surface area contributed by atoms with E-state index in [4.69, 9.17) is 0 Å². The molecule has 0 saturated carbocycles. The Balaban J connectivity index is 2.36. The summed E-state index contributed by atoms with van der Waals surface area (Å²) in [5.41, 5.74) is 2.12. The first-order chi connectivity index (χ1) is 8.56. The maximum absolute atomic E-state index is 4.53. The summed E-state index contributed by atoms with van der Waals surface area (Å²) in [4.78, 5) is 4.52. The van der Waals surface area contributed by atoms with Crippen LogP contribution in [-0.2, 0) is 26.4 Å². The third kappa shape index (κ3) is 2.34. The van der Waals surface area contributed by atoms with Gasteiger partial charge in [0.05, 0.1) is 22.4 Å². The molecular weight excluding hydrogens is 294 g/mol. The van der Waals surface area contributed by atoms with Gasteiger partial charge in [-0.05, 0) is 22.9 Å². The molecular formula is C12H18BrN5. The zero-order valence-electron chi connectivity index (χ0n) is 11.2. The van der Waals surface area contributed by atoms with E-state index in [1.54, 1.807) is 0 Å². The summed E-state index contributed by atoms with van der Waals surface area (Å²) in [7, 11) is 1.95. The van der Waals surface area contributed by atoms with E-state index in [2.05, 4.69) is 45.0 Å². The van der Waals surface area contributed by atoms with Crippen molar-refractivity contribution < 1.29 is 0 Å². The smallest absolute Gasteiger partial charge is 0.150 e. The van der Waals surface area contributed by atoms with Crippen LogP contribution in [0.4, 0.5) is 0 Å². The van der Waals surface area contributed by atoms with Crippen LogP contribution >= 0.6 is 15.9 Å². The predicted molar refractivity (Wildman–Crippen MR) is 73.5 cm³/mol. The van der Waals surface area contributed by atoms with Crippen molar-refractivity contribution in [1.29, 1.82) is 0 Å². The highest BCUT2D eigenvalue weighted by atomic mass is 79.9. The molecule has 0 unspecified atom stereocenters. The zero-order valence-corrected chi connectivity index (χ0v) is 12.8. The van der Waals surface area contributed by atoms with Gasteiger partial charge in [0.15, 0.2) is 5.82 Å². The maximum atomic E-state index is 4.53. The third-order valence-electron chi connectivity index (χ3n) is 2.99. The lowest BCUT2D eigenvalue weighted by Gasteiger charge is -2.05. The van der Waals surface area contributed by atoms with Gasteiger partial charge in [-0.15, -0.1) is 0 Å². The van der Waals surface area contributed by atoms with Crippen LogP contribution in [0, 0.1) is 6.92 Å². The molecule has 5 nitrogen and oxygen atoms in total. The van der Waals surface area contributed by atoms with Crippen molar-refractivity contribution in [1.82, 2.24) is 24.5 Å². The molecule has 2 aromatic rings. The fraction of sp³-hybridized carbons (Fsp3) is 0.583. The Morgan fingerprint density at radius 3 is 2.39 bits per heavy atom. The highest BCUT2D eigenvalue weighted by Gasteiger charge is 2.14. The van der Waals surface area contributed by atoms with Gasteiger partial charge in [-0.25, -0.2) is 9.67 Å². The zero-order chi connectivity index (χ0) is 13.3. The Morgan fingerprint density at radius 1 is 1.17 bits per heavy atom. The van der Waals surface area contributed by atoms with Crippen molar-refractivity contribution in [3.05, 3.63) is 27.5 Å². The molecule has 0 aromatic carbocycles. The second-order valence-corrected chi connectivity index (χ2v) is 5.07. The number of rotatable bonds is 4. The average Bonchev–Trinajstić information content (AvgIpc) is 2.86. The molecule has 0 radical (unpaired) electrons. The number of aromatic nitrogens is 5. The first kappa shape index (κ1) is 13.3. The summed E-state index contributed by atoms with van der Waals surface area (Å²) in [6, 6.07) is 0. The summed E-state index contributed by atoms with van der Waals surface area (Å²) in [6.45, 7) is 6.87. The van der Waals surface area contributed by atoms with Crippen molar-refractivity contribution in [3.8, 4) is 0 Å². The minimum atomic E-state index is 0.702. The summed E-state index contributed by atoms with van der Waals surface area (Å²) in [6.07, 6.45) is 1.76. The van der Waals surface area contributed by atoms with E-state index in [-0.39, 0.29) is 0 Å². The molecule has 0 amide bonds. The van der Waals surface area contributed by atoms with Crippen molar-refractivity contribution in [2.75, 3.05) is 0 Å². The molecule has 0 aliphatic heterocycles. The minimum absolute atomic E-state index is 0.702. The van der Waals surface area contributed by atoms with Gasteiger partial charge in [-0.2, -0.15) is 10.2 Å². The van der Waals surface area contributed by atoms with E-state index in [9.17, 15) is 0 Å². The van der Waals surface area contributed by atoms with E-state index in [1.807, 2.05) is 23.3 Å². The highest BCUT2D eigenvalue weighted by molar-refractivity contribution is 9.10. The van der Waals surface area contributed by atoms with E-state index in [1.165, 1.54) is 0 Å². The molecule has 0 aliphatic carbocycles. The lowest BCUT2D eigenvalue weighted by Crippen LogP contribution is -2.10. The summed E-state index contributed by atoms with van der Waals surface area (Å²) >= 11 is 3.58. The first-order valence-corrected chi connectivity index (χ1v) is 6.96. The van der Waals surface area contributed by atoms with Crippen molar-refractivity contribution in [3.63, 3.8) is 0 Å². The molecule has 18 heavy (non-hydrogen) atoms. The van der Waals surface area contributed by atoms with Crippen LogP contribution < -0.4 is 0 Å². The second kappa shape index (κ2) is 5.22. The molecule has 0 spiro atoms. The number of hydrogen-bond acceptors (Lipinski definition) is 3. The van der Waals surface area contributed by atoms with Gasteiger partial charge in [0.2, 0.25) is 0 Å². The Labute approximate surface area is 115 Å². The Morgan fingerprint density at radius 2 is 1.89 bits per heavy atom. The Kier molecular flexibility index (Phi) is 3.85. The molecule has 6 heteroatoms. The highest BCUT2D eigenvalue weighted by Crippen LogP contribution is 2.21. The lowest BCUT2D eigenvalue weighted by atomic mass is 10.3. The molecule has 0 bridgehead atoms. The van der Waals surface area contributed by atoms with Gasteiger partial charge in [0.25, 0.3) is 0 Å². The third-order valence-corrected chi connectivity index (χ3v) is 4.02. The van der Waals surface area contributed by atoms with Crippen LogP contribution in [0.15, 0.2) is 4.47 Å². The Hall–Kier alpha value is -1.17. The summed E-state index contributed by atoms with van der Waals surface area (Å²) in [5, 5.41) is 8.93. The quantitative estimate of drug-likeness (QED) is 0.870. The Bertz CT molecular complexity index is 555. The largest absolute Gasteiger partial charge is 0.269 e. The molecule has 0 N–H and O–H groups in total. The van der Waals surface area contributed by atoms with Gasteiger partial charge in [-0.3, -0.25) is 4.68 Å². The van der Waals surface area contributed by atoms with Gasteiger partial charge < -0.3 is 0 Å². The number of hydrogen-bond donors (Lipinski definition) is 0. The molecule has 2 rings (SSSR count). The first-order valence-electron chi connectivity index (χ1n) is 6.17. The summed E-state index contributed by atoms with van der Waals surface area (Å²) in [5.74, 6) is 1.93. The topological polar surface area (TPSA) is 48.5 Å². The maximum Gasteiger partial charge on any atom is 0.150 e. The molecule has 0 fully saturated rings. The molecule has 0 atom stereocenters. The van der Waals surface area contributed by atoms with Gasteiger partial charge in [-0.1, -0.05) is 13.8 Å². The standard InChI is InChI=1S/C12H18BrN5/c1-5-10-14-11(6-2)18(16-10)7-9-12(13)8(3)15-17(9)4/h5-7H2,1-4H3. The van der Waals surface area contributed by atoms with E-state index in [0.29, 0.717) is 6.54 Å². The molecule has 2 aromatic heterocycles. The predicted octanol–water partition coefficient (Wildman–Crippen LogP) is 2.26. The molecule has 0 saturated heterocycles. The summed E-state index contributed by atoms with van der Waals surface area (Å²) < 4.78 is 4.92. The molecule has 98 valence electrons. The fourth-order valence-corrected chi connectivity index (χ4v) is 2.42. The van der Waals surface area contributed by atoms with E-state index in [0.717, 1.165) is 40.4 Å². The van der Waals surface area contributed by atoms with Crippen molar-refractivity contribution >= 4 is 15.9 Å². The average molecular weight is 312 g/mol. The van der Waals surface area contributed by atoms with Gasteiger partial charge in [0, 0.05) is 19.9 Å². The van der Waals surface area contributed by atoms with Crippen LogP contribution in [-0.4, -0.2) is 24.5 Å². The number of aryl methyl sites for hydroxylation is 4. The SMILES string of the molecule is CCc1nc(CC)n(Cc2c(Br)c(C)nn2C)n1. The normalized spacial score (nSPS) is 11.2. The number of nitrogens with zero attached hydrogens (tertiary/aromatic N) is 5. The number of halogens is 1. The van der Waals surface area contributed by atoms with Crippen LogP contribution in [0.2, 0.25) is 0 Å². The lowest BCUT2D eigenvalue weighted by molar-refractivity contribution is 0.589. The van der Waals surface area contributed by atoms with Crippen molar-refractivity contribution in [2.45, 2.75) is 40.2 Å². The van der Waals surface area contributed by atoms with Crippen molar-refractivity contribution in [2.24, 2.45) is 7.05 Å². The van der Waals surface area contributed by atoms with E-state index < -0.39 is 0 Å². The van der Waals surface area contributed by atoms with Gasteiger partial charge in [0.1, 0.15) is 5.82 Å². The fourth-order valence-electron chi connectivity index (χ4n) is 1.96. The van der Waals surface area contributed by atoms with Crippen LogP contribution in [0.5, 0.6) is 0 Å². The second-order valence-electron chi connectivity index (χ2n) is 4.28. The van der Waals surface area contributed by atoms with Crippen LogP contribution in [0.25, 0.3) is 0 Å². The van der Waals surface area contributed by atoms with Gasteiger partial charge >= 0.3 is 0 Å². The monoisotopic (exact) mass is 311 g/mol. The minimum Gasteiger partial charge on any atom is -0.269 e.